The van der Waals surface area contributed by atoms with Crippen LogP contribution in [-0.2, 0) is 13.2 Å². The minimum atomic E-state index is -4.18. The summed E-state index contributed by atoms with van der Waals surface area (Å²) in [6.07, 6.45) is -4.18. The standard InChI is InChI=1S/C16H16F3NOS/c17-16(18,19)11-22-15-4-2-1-3-14(15)20-9-12-5-7-13(10-21)8-6-12/h1-8,20-21H,9-11H2. The molecule has 0 aromatic heterocycles. The van der Waals surface area contributed by atoms with Crippen molar-refractivity contribution in [2.24, 2.45) is 0 Å². The molecule has 6 heteroatoms. The molecule has 0 amide bonds. The smallest absolute Gasteiger partial charge is 0.392 e. The molecule has 2 aromatic rings. The summed E-state index contributed by atoms with van der Waals surface area (Å²) in [4.78, 5) is 0.576. The number of anilines is 1. The first-order valence-electron chi connectivity index (χ1n) is 6.69. The summed E-state index contributed by atoms with van der Waals surface area (Å²) in [7, 11) is 0. The Hall–Kier alpha value is -1.66. The fourth-order valence-electron chi connectivity index (χ4n) is 1.86. The topological polar surface area (TPSA) is 32.3 Å². The number of rotatable bonds is 6. The molecule has 0 saturated carbocycles. The van der Waals surface area contributed by atoms with E-state index in [4.69, 9.17) is 5.11 Å². The van der Waals surface area contributed by atoms with E-state index in [1.165, 1.54) is 0 Å². The van der Waals surface area contributed by atoms with Crippen LogP contribution in [0.25, 0.3) is 0 Å². The molecule has 2 N–H and O–H groups in total. The average molecular weight is 327 g/mol. The Labute approximate surface area is 131 Å². The number of aliphatic hydroxyl groups is 1. The summed E-state index contributed by atoms with van der Waals surface area (Å²) in [5.41, 5.74) is 2.50. The quantitative estimate of drug-likeness (QED) is 0.769. The van der Waals surface area contributed by atoms with Crippen LogP contribution in [0.2, 0.25) is 0 Å². The molecule has 0 spiro atoms. The number of aliphatic hydroxyl groups excluding tert-OH is 1. The number of benzene rings is 2. The highest BCUT2D eigenvalue weighted by Crippen LogP contribution is 2.32. The molecule has 118 valence electrons. The maximum absolute atomic E-state index is 12.3. The SMILES string of the molecule is OCc1ccc(CNc2ccccc2SCC(F)(F)F)cc1. The Morgan fingerprint density at radius 1 is 0.955 bits per heavy atom. The number of hydrogen-bond donors (Lipinski definition) is 2. The monoisotopic (exact) mass is 327 g/mol. The number of para-hydroxylation sites is 1. The molecule has 0 bridgehead atoms. The van der Waals surface area contributed by atoms with Gasteiger partial charge in [-0.05, 0) is 23.3 Å². The summed E-state index contributed by atoms with van der Waals surface area (Å²) in [5.74, 6) is -0.906. The Kier molecular flexibility index (Phi) is 5.74. The lowest BCUT2D eigenvalue weighted by molar-refractivity contribution is -0.105. The van der Waals surface area contributed by atoms with Crippen molar-refractivity contribution in [1.82, 2.24) is 0 Å². The maximum Gasteiger partial charge on any atom is 0.398 e. The lowest BCUT2D eigenvalue weighted by Gasteiger charge is -2.13. The van der Waals surface area contributed by atoms with Gasteiger partial charge in [0.2, 0.25) is 0 Å². The van der Waals surface area contributed by atoms with Crippen LogP contribution in [0, 0.1) is 0 Å². The number of halogens is 3. The highest BCUT2D eigenvalue weighted by Gasteiger charge is 2.27. The number of nitrogens with one attached hydrogen (secondary N) is 1. The van der Waals surface area contributed by atoms with E-state index in [-0.39, 0.29) is 6.61 Å². The van der Waals surface area contributed by atoms with Crippen molar-refractivity contribution < 1.29 is 18.3 Å². The molecule has 2 aromatic carbocycles. The molecule has 0 heterocycles. The maximum atomic E-state index is 12.3. The van der Waals surface area contributed by atoms with Crippen LogP contribution in [0.5, 0.6) is 0 Å². The predicted octanol–water partition coefficient (Wildman–Crippen LogP) is 4.45. The molecule has 0 atom stereocenters. The van der Waals surface area contributed by atoms with Crippen LogP contribution in [0.15, 0.2) is 53.4 Å². The van der Waals surface area contributed by atoms with Crippen molar-refractivity contribution in [3.8, 4) is 0 Å². The summed E-state index contributed by atoms with van der Waals surface area (Å²) >= 11 is 0.775. The summed E-state index contributed by atoms with van der Waals surface area (Å²) in [6, 6.07) is 14.3. The molecule has 0 aliphatic rings. The van der Waals surface area contributed by atoms with Crippen LogP contribution in [0.3, 0.4) is 0 Å². The molecular weight excluding hydrogens is 311 g/mol. The van der Waals surface area contributed by atoms with Gasteiger partial charge in [0.25, 0.3) is 0 Å². The van der Waals surface area contributed by atoms with Crippen molar-refractivity contribution in [2.75, 3.05) is 11.1 Å². The molecular formula is C16H16F3NOS. The van der Waals surface area contributed by atoms with Crippen LogP contribution in [0.4, 0.5) is 18.9 Å². The molecule has 0 fully saturated rings. The van der Waals surface area contributed by atoms with Gasteiger partial charge in [0.05, 0.1) is 12.4 Å². The van der Waals surface area contributed by atoms with Crippen LogP contribution >= 0.6 is 11.8 Å². The molecule has 2 rings (SSSR count). The molecule has 0 aliphatic carbocycles. The van der Waals surface area contributed by atoms with Gasteiger partial charge in [-0.3, -0.25) is 0 Å². The second-order valence-electron chi connectivity index (χ2n) is 4.73. The molecule has 0 radical (unpaired) electrons. The minimum absolute atomic E-state index is 0.00930. The highest BCUT2D eigenvalue weighted by molar-refractivity contribution is 7.99. The zero-order valence-corrected chi connectivity index (χ0v) is 12.5. The zero-order valence-electron chi connectivity index (χ0n) is 11.7. The van der Waals surface area contributed by atoms with E-state index in [9.17, 15) is 13.2 Å². The first kappa shape index (κ1) is 16.7. The largest absolute Gasteiger partial charge is 0.398 e. The third kappa shape index (κ3) is 5.27. The average Bonchev–Trinajstić information content (AvgIpc) is 2.51. The lowest BCUT2D eigenvalue weighted by Crippen LogP contribution is -2.11. The number of thioether (sulfide) groups is 1. The van der Waals surface area contributed by atoms with E-state index in [2.05, 4.69) is 5.32 Å². The zero-order chi connectivity index (χ0) is 16.0. The number of hydrogen-bond acceptors (Lipinski definition) is 3. The molecule has 22 heavy (non-hydrogen) atoms. The van der Waals surface area contributed by atoms with Crippen molar-refractivity contribution in [1.29, 1.82) is 0 Å². The molecule has 0 unspecified atom stereocenters. The fourth-order valence-corrected chi connectivity index (χ4v) is 2.65. The van der Waals surface area contributed by atoms with Gasteiger partial charge in [-0.15, -0.1) is 11.8 Å². The third-order valence-corrected chi connectivity index (χ3v) is 4.11. The third-order valence-electron chi connectivity index (χ3n) is 2.97. The fraction of sp³-hybridized carbons (Fsp3) is 0.250. The first-order valence-corrected chi connectivity index (χ1v) is 7.67. The van der Waals surface area contributed by atoms with Gasteiger partial charge in [0.1, 0.15) is 0 Å². The van der Waals surface area contributed by atoms with Gasteiger partial charge in [0.15, 0.2) is 0 Å². The Morgan fingerprint density at radius 2 is 1.59 bits per heavy atom. The predicted molar refractivity (Wildman–Crippen MR) is 82.9 cm³/mol. The molecule has 0 aliphatic heterocycles. The first-order chi connectivity index (χ1) is 10.5. The van der Waals surface area contributed by atoms with E-state index in [1.807, 2.05) is 24.3 Å². The van der Waals surface area contributed by atoms with Crippen molar-refractivity contribution in [3.05, 3.63) is 59.7 Å². The van der Waals surface area contributed by atoms with Gasteiger partial charge in [0, 0.05) is 17.1 Å². The van der Waals surface area contributed by atoms with E-state index in [0.717, 1.165) is 22.9 Å². The van der Waals surface area contributed by atoms with E-state index in [1.54, 1.807) is 24.3 Å². The summed E-state index contributed by atoms with van der Waals surface area (Å²) in [6.45, 7) is 0.500. The lowest BCUT2D eigenvalue weighted by atomic mass is 10.1. The number of alkyl halides is 3. The highest BCUT2D eigenvalue weighted by atomic mass is 32.2. The van der Waals surface area contributed by atoms with Crippen molar-refractivity contribution in [3.63, 3.8) is 0 Å². The minimum Gasteiger partial charge on any atom is -0.392 e. The normalized spacial score (nSPS) is 11.5. The van der Waals surface area contributed by atoms with Crippen LogP contribution in [-0.4, -0.2) is 17.0 Å². The molecule has 0 saturated heterocycles. The van der Waals surface area contributed by atoms with E-state index < -0.39 is 11.9 Å². The van der Waals surface area contributed by atoms with Crippen molar-refractivity contribution in [2.45, 2.75) is 24.2 Å². The van der Waals surface area contributed by atoms with Gasteiger partial charge in [-0.25, -0.2) is 0 Å². The Balaban J connectivity index is 1.99. The van der Waals surface area contributed by atoms with Crippen molar-refractivity contribution >= 4 is 17.4 Å². The second-order valence-corrected chi connectivity index (χ2v) is 5.75. The second kappa shape index (κ2) is 7.56. The van der Waals surface area contributed by atoms with Gasteiger partial charge in [-0.2, -0.15) is 13.2 Å². The van der Waals surface area contributed by atoms with Crippen LogP contribution in [0.1, 0.15) is 11.1 Å². The summed E-state index contributed by atoms with van der Waals surface area (Å²) in [5, 5.41) is 12.1. The Bertz CT molecular complexity index is 599. The van der Waals surface area contributed by atoms with E-state index >= 15 is 0 Å². The van der Waals surface area contributed by atoms with Gasteiger partial charge < -0.3 is 10.4 Å². The molecule has 2 nitrogen and oxygen atoms in total. The van der Waals surface area contributed by atoms with E-state index in [0.29, 0.717) is 17.1 Å². The van der Waals surface area contributed by atoms with Gasteiger partial charge in [-0.1, -0.05) is 36.4 Å². The van der Waals surface area contributed by atoms with Crippen LogP contribution < -0.4 is 5.32 Å². The Morgan fingerprint density at radius 3 is 2.23 bits per heavy atom. The van der Waals surface area contributed by atoms with Gasteiger partial charge >= 0.3 is 6.18 Å². The summed E-state index contributed by atoms with van der Waals surface area (Å²) < 4.78 is 37.0.